The molecule has 0 amide bonds. The molecule has 0 radical (unpaired) electrons. The van der Waals surface area contributed by atoms with Crippen LogP contribution in [0.15, 0.2) is 18.2 Å². The predicted molar refractivity (Wildman–Crippen MR) is 56.7 cm³/mol. The minimum absolute atomic E-state index is 0.218. The lowest BCUT2D eigenvalue weighted by Crippen LogP contribution is -2.21. The second kappa shape index (κ2) is 3.67. The van der Waals surface area contributed by atoms with Crippen LogP contribution in [-0.2, 0) is 12.0 Å². The normalized spacial score (nSPS) is 23.5. The molecule has 1 aromatic rings. The SMILES string of the molecule is C#CCCC1(O)CCc2c(F)cccc21. The van der Waals surface area contributed by atoms with Crippen molar-refractivity contribution >= 4 is 0 Å². The highest BCUT2D eigenvalue weighted by Crippen LogP contribution is 2.40. The average molecular weight is 204 g/mol. The van der Waals surface area contributed by atoms with Gasteiger partial charge in [-0.2, -0.15) is 0 Å². The monoisotopic (exact) mass is 204 g/mol. The van der Waals surface area contributed by atoms with Crippen LogP contribution in [0, 0.1) is 18.2 Å². The van der Waals surface area contributed by atoms with E-state index in [1.165, 1.54) is 6.07 Å². The summed E-state index contributed by atoms with van der Waals surface area (Å²) in [4.78, 5) is 0. The van der Waals surface area contributed by atoms with E-state index in [1.807, 2.05) is 0 Å². The molecule has 2 rings (SSSR count). The van der Waals surface area contributed by atoms with Crippen LogP contribution >= 0.6 is 0 Å². The summed E-state index contributed by atoms with van der Waals surface area (Å²) in [6, 6.07) is 4.87. The molecule has 0 bridgehead atoms. The molecule has 0 spiro atoms. The maximum Gasteiger partial charge on any atom is 0.126 e. The van der Waals surface area contributed by atoms with Gasteiger partial charge in [-0.15, -0.1) is 12.3 Å². The molecule has 1 unspecified atom stereocenters. The molecule has 0 saturated carbocycles. The lowest BCUT2D eigenvalue weighted by Gasteiger charge is -2.22. The number of terminal acetylenes is 1. The van der Waals surface area contributed by atoms with Crippen LogP contribution in [0.5, 0.6) is 0 Å². The highest BCUT2D eigenvalue weighted by molar-refractivity contribution is 5.38. The number of rotatable bonds is 2. The van der Waals surface area contributed by atoms with Gasteiger partial charge in [0.05, 0.1) is 5.60 Å². The van der Waals surface area contributed by atoms with E-state index in [4.69, 9.17) is 6.42 Å². The van der Waals surface area contributed by atoms with E-state index < -0.39 is 5.60 Å². The number of hydrogen-bond donors (Lipinski definition) is 1. The minimum Gasteiger partial charge on any atom is -0.385 e. The minimum atomic E-state index is -0.913. The van der Waals surface area contributed by atoms with Gasteiger partial charge in [-0.3, -0.25) is 0 Å². The van der Waals surface area contributed by atoms with Crippen molar-refractivity contribution in [2.24, 2.45) is 0 Å². The van der Waals surface area contributed by atoms with Crippen LogP contribution in [0.4, 0.5) is 4.39 Å². The lowest BCUT2D eigenvalue weighted by molar-refractivity contribution is 0.0310. The Morgan fingerprint density at radius 3 is 3.07 bits per heavy atom. The third kappa shape index (κ3) is 1.64. The molecular weight excluding hydrogens is 191 g/mol. The molecular formula is C13H13FO. The number of hydrogen-bond acceptors (Lipinski definition) is 1. The van der Waals surface area contributed by atoms with Gasteiger partial charge in [-0.05, 0) is 36.5 Å². The molecule has 1 aliphatic carbocycles. The second-order valence-corrected chi connectivity index (χ2v) is 4.00. The average Bonchev–Trinajstić information content (AvgIpc) is 2.56. The molecule has 2 heteroatoms. The standard InChI is InChI=1S/C13H13FO/c1-2-3-8-13(15)9-7-10-11(13)5-4-6-12(10)14/h1,4-6,15H,3,7-9H2. The molecule has 15 heavy (non-hydrogen) atoms. The van der Waals surface area contributed by atoms with E-state index in [2.05, 4.69) is 5.92 Å². The molecule has 0 saturated heterocycles. The van der Waals surface area contributed by atoms with Crippen molar-refractivity contribution < 1.29 is 9.50 Å². The van der Waals surface area contributed by atoms with E-state index in [-0.39, 0.29) is 5.82 Å². The van der Waals surface area contributed by atoms with Crippen molar-refractivity contribution in [3.8, 4) is 12.3 Å². The van der Waals surface area contributed by atoms with E-state index in [0.717, 1.165) is 5.56 Å². The number of fused-ring (bicyclic) bond motifs is 1. The van der Waals surface area contributed by atoms with Gasteiger partial charge < -0.3 is 5.11 Å². The van der Waals surface area contributed by atoms with E-state index in [0.29, 0.717) is 31.2 Å². The van der Waals surface area contributed by atoms with Crippen LogP contribution in [0.2, 0.25) is 0 Å². The maximum absolute atomic E-state index is 13.4. The van der Waals surface area contributed by atoms with Crippen LogP contribution in [-0.4, -0.2) is 5.11 Å². The summed E-state index contributed by atoms with van der Waals surface area (Å²) < 4.78 is 13.4. The molecule has 0 aliphatic heterocycles. The Bertz CT molecular complexity index is 419. The molecule has 0 aromatic heterocycles. The highest BCUT2D eigenvalue weighted by atomic mass is 19.1. The van der Waals surface area contributed by atoms with Gasteiger partial charge >= 0.3 is 0 Å². The van der Waals surface area contributed by atoms with Gasteiger partial charge in [0.1, 0.15) is 5.82 Å². The summed E-state index contributed by atoms with van der Waals surface area (Å²) in [7, 11) is 0. The zero-order valence-electron chi connectivity index (χ0n) is 8.46. The van der Waals surface area contributed by atoms with Crippen molar-refractivity contribution in [2.75, 3.05) is 0 Å². The summed E-state index contributed by atoms with van der Waals surface area (Å²) >= 11 is 0. The summed E-state index contributed by atoms with van der Waals surface area (Å²) in [6.45, 7) is 0. The number of halogens is 1. The summed E-state index contributed by atoms with van der Waals surface area (Å²) in [5.74, 6) is 2.29. The fraction of sp³-hybridized carbons (Fsp3) is 0.385. The van der Waals surface area contributed by atoms with E-state index >= 15 is 0 Å². The fourth-order valence-corrected chi connectivity index (χ4v) is 2.25. The van der Waals surface area contributed by atoms with Gasteiger partial charge in [-0.1, -0.05) is 12.1 Å². The second-order valence-electron chi connectivity index (χ2n) is 4.00. The van der Waals surface area contributed by atoms with Crippen LogP contribution in [0.3, 0.4) is 0 Å². The molecule has 0 heterocycles. The third-order valence-electron chi connectivity index (χ3n) is 3.09. The highest BCUT2D eigenvalue weighted by Gasteiger charge is 2.37. The van der Waals surface area contributed by atoms with Gasteiger partial charge in [0.15, 0.2) is 0 Å². The Balaban J connectivity index is 2.36. The summed E-state index contributed by atoms with van der Waals surface area (Å²) in [5.41, 5.74) is 0.457. The van der Waals surface area contributed by atoms with Crippen LogP contribution in [0.25, 0.3) is 0 Å². The van der Waals surface area contributed by atoms with Crippen LogP contribution < -0.4 is 0 Å². The topological polar surface area (TPSA) is 20.2 Å². The lowest BCUT2D eigenvalue weighted by atomic mass is 9.91. The van der Waals surface area contributed by atoms with Crippen molar-refractivity contribution in [1.82, 2.24) is 0 Å². The van der Waals surface area contributed by atoms with Crippen molar-refractivity contribution in [3.63, 3.8) is 0 Å². The van der Waals surface area contributed by atoms with Gasteiger partial charge in [0.25, 0.3) is 0 Å². The van der Waals surface area contributed by atoms with Crippen LogP contribution in [0.1, 0.15) is 30.4 Å². The Labute approximate surface area is 88.9 Å². The third-order valence-corrected chi connectivity index (χ3v) is 3.09. The molecule has 1 atom stereocenters. The first-order valence-corrected chi connectivity index (χ1v) is 5.11. The van der Waals surface area contributed by atoms with Crippen molar-refractivity contribution in [1.29, 1.82) is 0 Å². The molecule has 1 aliphatic rings. The largest absolute Gasteiger partial charge is 0.385 e. The number of aliphatic hydroxyl groups is 1. The Kier molecular flexibility index (Phi) is 2.50. The van der Waals surface area contributed by atoms with Gasteiger partial charge in [0, 0.05) is 6.42 Å². The quantitative estimate of drug-likeness (QED) is 0.733. The first-order chi connectivity index (χ1) is 7.17. The molecule has 0 fully saturated rings. The first kappa shape index (κ1) is 10.2. The zero-order valence-corrected chi connectivity index (χ0v) is 8.46. The summed E-state index contributed by atoms with van der Waals surface area (Å²) in [6.07, 6.45) is 7.39. The van der Waals surface area contributed by atoms with Gasteiger partial charge in [-0.25, -0.2) is 4.39 Å². The Hall–Kier alpha value is -1.33. The molecule has 78 valence electrons. The summed E-state index contributed by atoms with van der Waals surface area (Å²) in [5, 5.41) is 10.3. The molecule has 1 nitrogen and oxygen atoms in total. The smallest absolute Gasteiger partial charge is 0.126 e. The van der Waals surface area contributed by atoms with Crippen molar-refractivity contribution in [2.45, 2.75) is 31.3 Å². The maximum atomic E-state index is 13.4. The fourth-order valence-electron chi connectivity index (χ4n) is 2.25. The number of benzene rings is 1. The zero-order chi connectivity index (χ0) is 10.9. The van der Waals surface area contributed by atoms with Gasteiger partial charge in [0.2, 0.25) is 0 Å². The predicted octanol–water partition coefficient (Wildman–Crippen LogP) is 2.37. The first-order valence-electron chi connectivity index (χ1n) is 5.11. The molecule has 1 aromatic carbocycles. The molecule has 1 N–H and O–H groups in total. The van der Waals surface area contributed by atoms with Crippen molar-refractivity contribution in [3.05, 3.63) is 35.1 Å². The van der Waals surface area contributed by atoms with E-state index in [9.17, 15) is 9.50 Å². The Morgan fingerprint density at radius 2 is 2.33 bits per heavy atom. The Morgan fingerprint density at radius 1 is 1.53 bits per heavy atom. The van der Waals surface area contributed by atoms with E-state index in [1.54, 1.807) is 12.1 Å².